The number of rotatable bonds is 7. The molecule has 1 N–H and O–H groups in total. The molecule has 0 spiro atoms. The van der Waals surface area contributed by atoms with Crippen LogP contribution in [-0.2, 0) is 14.8 Å². The molecule has 1 saturated heterocycles. The van der Waals surface area contributed by atoms with E-state index in [1.807, 2.05) is 19.1 Å². The van der Waals surface area contributed by atoms with E-state index in [9.17, 15) is 13.2 Å². The van der Waals surface area contributed by atoms with Crippen LogP contribution in [0.25, 0.3) is 0 Å². The number of anilines is 1. The fourth-order valence-corrected chi connectivity index (χ4v) is 5.29. The summed E-state index contributed by atoms with van der Waals surface area (Å²) >= 11 is 6.10. The fraction of sp³-hybridized carbons (Fsp3) is 0.381. The van der Waals surface area contributed by atoms with Crippen molar-refractivity contribution < 1.29 is 22.7 Å². The average molecular weight is 453 g/mol. The summed E-state index contributed by atoms with van der Waals surface area (Å²) in [5.41, 5.74) is 0.575. The summed E-state index contributed by atoms with van der Waals surface area (Å²) in [5.74, 6) is 0.299. The van der Waals surface area contributed by atoms with Crippen molar-refractivity contribution in [2.24, 2.45) is 5.92 Å². The molecule has 1 fully saturated rings. The molecule has 7 nitrogen and oxygen atoms in total. The number of hydrogen-bond acceptors (Lipinski definition) is 5. The molecule has 9 heteroatoms. The second-order valence-electron chi connectivity index (χ2n) is 6.92. The van der Waals surface area contributed by atoms with Crippen LogP contribution < -0.4 is 14.8 Å². The number of ether oxygens (including phenoxy) is 2. The first-order chi connectivity index (χ1) is 14.4. The molecular formula is C21H25ClN2O5S. The molecule has 2 aromatic rings. The maximum atomic E-state index is 13.1. The largest absolute Gasteiger partial charge is 0.495 e. The van der Waals surface area contributed by atoms with Crippen molar-refractivity contribution in [3.63, 3.8) is 0 Å². The molecule has 1 amide bonds. The molecular weight excluding hydrogens is 428 g/mol. The third-order valence-electron chi connectivity index (χ3n) is 4.96. The monoisotopic (exact) mass is 452 g/mol. The molecule has 0 saturated carbocycles. The number of amides is 1. The molecule has 2 aromatic carbocycles. The Morgan fingerprint density at radius 2 is 2.00 bits per heavy atom. The predicted octanol–water partition coefficient (Wildman–Crippen LogP) is 3.79. The first kappa shape index (κ1) is 22.4. The lowest BCUT2D eigenvalue weighted by atomic mass is 9.98. The van der Waals surface area contributed by atoms with Gasteiger partial charge in [0.2, 0.25) is 15.9 Å². The minimum absolute atomic E-state index is 0.0797. The highest BCUT2D eigenvalue weighted by Gasteiger charge is 2.34. The zero-order valence-corrected chi connectivity index (χ0v) is 18.5. The van der Waals surface area contributed by atoms with Crippen molar-refractivity contribution in [2.45, 2.75) is 24.7 Å². The number of para-hydroxylation sites is 2. The van der Waals surface area contributed by atoms with Gasteiger partial charge in [-0.05, 0) is 50.1 Å². The molecule has 1 atom stereocenters. The van der Waals surface area contributed by atoms with Crippen LogP contribution in [0.1, 0.15) is 19.8 Å². The summed E-state index contributed by atoms with van der Waals surface area (Å²) < 4.78 is 38.1. The van der Waals surface area contributed by atoms with Gasteiger partial charge in [-0.3, -0.25) is 4.79 Å². The van der Waals surface area contributed by atoms with Crippen LogP contribution in [0.2, 0.25) is 5.02 Å². The summed E-state index contributed by atoms with van der Waals surface area (Å²) in [6, 6.07) is 11.5. The third kappa shape index (κ3) is 4.88. The number of hydrogen-bond donors (Lipinski definition) is 1. The van der Waals surface area contributed by atoms with E-state index in [1.165, 1.54) is 29.6 Å². The van der Waals surface area contributed by atoms with Gasteiger partial charge in [0, 0.05) is 13.1 Å². The number of nitrogens with one attached hydrogen (secondary N) is 1. The fourth-order valence-electron chi connectivity index (χ4n) is 3.42. The molecule has 1 aliphatic rings. The van der Waals surface area contributed by atoms with Crippen LogP contribution in [0.5, 0.6) is 11.5 Å². The van der Waals surface area contributed by atoms with Crippen molar-refractivity contribution in [1.29, 1.82) is 0 Å². The number of carbonyl (C=O) groups excluding carboxylic acids is 1. The third-order valence-corrected chi connectivity index (χ3v) is 7.12. The van der Waals surface area contributed by atoms with E-state index in [0.717, 1.165) is 0 Å². The van der Waals surface area contributed by atoms with Crippen molar-refractivity contribution in [3.05, 3.63) is 47.5 Å². The Hall–Kier alpha value is -2.29. The highest BCUT2D eigenvalue weighted by molar-refractivity contribution is 7.89. The van der Waals surface area contributed by atoms with Gasteiger partial charge in [0.15, 0.2) is 0 Å². The lowest BCUT2D eigenvalue weighted by Gasteiger charge is -2.31. The van der Waals surface area contributed by atoms with Crippen LogP contribution in [0.15, 0.2) is 47.4 Å². The number of piperidine rings is 1. The maximum Gasteiger partial charge on any atom is 0.243 e. The maximum absolute atomic E-state index is 13.1. The molecule has 0 radical (unpaired) electrons. The number of sulfonamides is 1. The smallest absolute Gasteiger partial charge is 0.243 e. The van der Waals surface area contributed by atoms with E-state index in [0.29, 0.717) is 43.2 Å². The van der Waals surface area contributed by atoms with Gasteiger partial charge in [0.25, 0.3) is 0 Å². The Morgan fingerprint density at radius 3 is 2.70 bits per heavy atom. The van der Waals surface area contributed by atoms with Gasteiger partial charge in [0.1, 0.15) is 11.5 Å². The van der Waals surface area contributed by atoms with Gasteiger partial charge in [-0.1, -0.05) is 23.7 Å². The molecule has 0 bridgehead atoms. The van der Waals surface area contributed by atoms with Gasteiger partial charge < -0.3 is 14.8 Å². The first-order valence-electron chi connectivity index (χ1n) is 9.73. The number of methoxy groups -OCH3 is 1. The minimum Gasteiger partial charge on any atom is -0.495 e. The molecule has 1 heterocycles. The summed E-state index contributed by atoms with van der Waals surface area (Å²) in [6.45, 7) is 2.81. The Bertz CT molecular complexity index is 1010. The zero-order chi connectivity index (χ0) is 21.7. The first-order valence-corrected chi connectivity index (χ1v) is 11.5. The molecule has 0 aromatic heterocycles. The van der Waals surface area contributed by atoms with E-state index in [4.69, 9.17) is 21.1 Å². The summed E-state index contributed by atoms with van der Waals surface area (Å²) in [6.07, 6.45) is 1.20. The van der Waals surface area contributed by atoms with Crippen LogP contribution in [0.4, 0.5) is 5.69 Å². The Morgan fingerprint density at radius 1 is 1.23 bits per heavy atom. The topological polar surface area (TPSA) is 84.9 Å². The Balaban J connectivity index is 1.75. The lowest BCUT2D eigenvalue weighted by molar-refractivity contribution is -0.120. The molecule has 30 heavy (non-hydrogen) atoms. The van der Waals surface area contributed by atoms with Crippen LogP contribution in [0.3, 0.4) is 0 Å². The Kier molecular flexibility index (Phi) is 7.23. The summed E-state index contributed by atoms with van der Waals surface area (Å²) in [4.78, 5) is 12.9. The second kappa shape index (κ2) is 9.68. The Labute approximate surface area is 182 Å². The molecule has 3 rings (SSSR count). The number of carbonyl (C=O) groups is 1. The average Bonchev–Trinajstić information content (AvgIpc) is 2.75. The summed E-state index contributed by atoms with van der Waals surface area (Å²) in [5, 5.41) is 3.10. The minimum atomic E-state index is -3.78. The van der Waals surface area contributed by atoms with E-state index < -0.39 is 15.9 Å². The van der Waals surface area contributed by atoms with Crippen molar-refractivity contribution in [1.82, 2.24) is 4.31 Å². The standard InChI is InChI=1S/C21H25ClN2O5S/c1-3-29-20-9-5-4-8-18(20)23-21(25)15-7-6-12-24(14-15)30(26,27)16-10-11-19(28-2)17(22)13-16/h4-5,8-11,13,15H,3,6-7,12,14H2,1-2H3,(H,23,25)/t15-/m0/s1. The normalized spacial score (nSPS) is 17.4. The van der Waals surface area contributed by atoms with Gasteiger partial charge in [0.05, 0.1) is 35.2 Å². The lowest BCUT2D eigenvalue weighted by Crippen LogP contribution is -2.43. The van der Waals surface area contributed by atoms with Gasteiger partial charge in [-0.2, -0.15) is 4.31 Å². The van der Waals surface area contributed by atoms with E-state index >= 15 is 0 Å². The van der Waals surface area contributed by atoms with Gasteiger partial charge in [-0.25, -0.2) is 8.42 Å². The zero-order valence-electron chi connectivity index (χ0n) is 16.9. The summed E-state index contributed by atoms with van der Waals surface area (Å²) in [7, 11) is -2.31. The van der Waals surface area contributed by atoms with Crippen molar-refractivity contribution in [3.8, 4) is 11.5 Å². The number of nitrogens with zero attached hydrogens (tertiary/aromatic N) is 1. The second-order valence-corrected chi connectivity index (χ2v) is 9.26. The molecule has 0 unspecified atom stereocenters. The van der Waals surface area contributed by atoms with Crippen molar-refractivity contribution in [2.75, 3.05) is 32.1 Å². The molecule has 0 aliphatic carbocycles. The molecule has 162 valence electrons. The van der Waals surface area contributed by atoms with E-state index in [2.05, 4.69) is 5.32 Å². The number of benzene rings is 2. The quantitative estimate of drug-likeness (QED) is 0.690. The van der Waals surface area contributed by atoms with Gasteiger partial charge in [-0.15, -0.1) is 0 Å². The SMILES string of the molecule is CCOc1ccccc1NC(=O)[C@H]1CCCN(S(=O)(=O)c2ccc(OC)c(Cl)c2)C1. The van der Waals surface area contributed by atoms with Crippen LogP contribution in [-0.4, -0.2) is 45.4 Å². The van der Waals surface area contributed by atoms with E-state index in [1.54, 1.807) is 12.1 Å². The highest BCUT2D eigenvalue weighted by Crippen LogP contribution is 2.31. The predicted molar refractivity (Wildman–Crippen MR) is 116 cm³/mol. The van der Waals surface area contributed by atoms with Crippen LogP contribution >= 0.6 is 11.6 Å². The van der Waals surface area contributed by atoms with Crippen molar-refractivity contribution >= 4 is 33.2 Å². The van der Waals surface area contributed by atoms with E-state index in [-0.39, 0.29) is 22.4 Å². The van der Waals surface area contributed by atoms with Crippen LogP contribution in [0, 0.1) is 5.92 Å². The van der Waals surface area contributed by atoms with Gasteiger partial charge >= 0.3 is 0 Å². The molecule has 1 aliphatic heterocycles. The highest BCUT2D eigenvalue weighted by atomic mass is 35.5. The number of halogens is 1.